The molecule has 0 unspecified atom stereocenters. The Bertz CT molecular complexity index is 995. The first-order valence-electron chi connectivity index (χ1n) is 8.99. The van der Waals surface area contributed by atoms with Gasteiger partial charge in [-0.05, 0) is 36.8 Å². The van der Waals surface area contributed by atoms with Crippen LogP contribution in [0.4, 0.5) is 4.39 Å². The summed E-state index contributed by atoms with van der Waals surface area (Å²) in [6, 6.07) is 13.3. The maximum absolute atomic E-state index is 12.9. The van der Waals surface area contributed by atoms with E-state index < -0.39 is 11.4 Å². The monoisotopic (exact) mass is 415 g/mol. The van der Waals surface area contributed by atoms with Crippen LogP contribution in [-0.2, 0) is 11.3 Å². The van der Waals surface area contributed by atoms with Crippen molar-refractivity contribution in [3.05, 3.63) is 65.8 Å². The number of hydrogen-bond acceptors (Lipinski definition) is 7. The van der Waals surface area contributed by atoms with Gasteiger partial charge in [-0.25, -0.2) is 4.39 Å². The number of fused-ring (bicyclic) bond motifs is 1. The number of rotatable bonds is 6. The third kappa shape index (κ3) is 4.68. The molecule has 0 radical (unpaired) electrons. The second kappa shape index (κ2) is 8.52. The van der Waals surface area contributed by atoms with E-state index in [4.69, 9.17) is 13.9 Å². The second-order valence-corrected chi connectivity index (χ2v) is 7.67. The van der Waals surface area contributed by atoms with E-state index in [0.29, 0.717) is 23.9 Å². The molecular formula is C20H18FN3O4S. The molecule has 29 heavy (non-hydrogen) atoms. The molecule has 150 valence electrons. The normalized spacial score (nSPS) is 16.3. The van der Waals surface area contributed by atoms with Gasteiger partial charge in [-0.1, -0.05) is 36.0 Å². The summed E-state index contributed by atoms with van der Waals surface area (Å²) in [7, 11) is 0. The van der Waals surface area contributed by atoms with Crippen molar-refractivity contribution in [3.63, 3.8) is 0 Å². The molecule has 2 heterocycles. The van der Waals surface area contributed by atoms with Crippen LogP contribution in [0.5, 0.6) is 11.5 Å². The van der Waals surface area contributed by atoms with Crippen LogP contribution in [-0.4, -0.2) is 28.0 Å². The van der Waals surface area contributed by atoms with E-state index in [-0.39, 0.29) is 23.6 Å². The van der Waals surface area contributed by atoms with Gasteiger partial charge in [0, 0.05) is 6.54 Å². The minimum atomic E-state index is -0.505. The van der Waals surface area contributed by atoms with Gasteiger partial charge in [0.15, 0.2) is 11.5 Å². The van der Waals surface area contributed by atoms with Crippen LogP contribution in [0.2, 0.25) is 0 Å². The largest absolute Gasteiger partial charge is 0.485 e. The molecule has 1 amide bonds. The van der Waals surface area contributed by atoms with E-state index in [1.54, 1.807) is 25.1 Å². The predicted octanol–water partition coefficient (Wildman–Crippen LogP) is 3.52. The number of para-hydroxylation sites is 2. The number of nitrogens with zero attached hydrogens (tertiary/aromatic N) is 2. The van der Waals surface area contributed by atoms with Crippen LogP contribution in [0.3, 0.4) is 0 Å². The number of halogens is 1. The molecule has 0 saturated carbocycles. The maximum Gasteiger partial charge on any atom is 0.277 e. The first kappa shape index (κ1) is 19.3. The van der Waals surface area contributed by atoms with Crippen LogP contribution in [0.15, 0.2) is 58.2 Å². The van der Waals surface area contributed by atoms with Gasteiger partial charge in [-0.3, -0.25) is 4.79 Å². The quantitative estimate of drug-likeness (QED) is 0.617. The Kier molecular flexibility index (Phi) is 5.66. The third-order valence-corrected chi connectivity index (χ3v) is 5.17. The molecule has 1 aliphatic rings. The first-order chi connectivity index (χ1) is 14.1. The molecular weight excluding hydrogens is 397 g/mol. The molecule has 2 atom stereocenters. The first-order valence-corrected chi connectivity index (χ1v) is 9.87. The fraction of sp³-hybridized carbons (Fsp3) is 0.250. The Balaban J connectivity index is 1.31. The number of ether oxygens (including phenoxy) is 2. The fourth-order valence-corrected chi connectivity index (χ4v) is 3.39. The highest BCUT2D eigenvalue weighted by atomic mass is 32.2. The van der Waals surface area contributed by atoms with Crippen LogP contribution in [0.1, 0.15) is 24.5 Å². The van der Waals surface area contributed by atoms with E-state index in [1.807, 2.05) is 18.2 Å². The van der Waals surface area contributed by atoms with E-state index in [9.17, 15) is 9.18 Å². The van der Waals surface area contributed by atoms with Crippen LogP contribution >= 0.6 is 11.8 Å². The summed E-state index contributed by atoms with van der Waals surface area (Å²) < 4.78 is 30.1. The highest BCUT2D eigenvalue weighted by Gasteiger charge is 2.28. The molecule has 7 nitrogen and oxygen atoms in total. The van der Waals surface area contributed by atoms with Gasteiger partial charge in [0.1, 0.15) is 12.4 Å². The van der Waals surface area contributed by atoms with Gasteiger partial charge in [0.25, 0.3) is 11.1 Å². The van der Waals surface area contributed by atoms with Crippen molar-refractivity contribution in [1.29, 1.82) is 0 Å². The van der Waals surface area contributed by atoms with Gasteiger partial charge in [0.05, 0.1) is 5.25 Å². The van der Waals surface area contributed by atoms with Crippen molar-refractivity contribution in [2.75, 3.05) is 6.61 Å². The Morgan fingerprint density at radius 2 is 1.97 bits per heavy atom. The predicted molar refractivity (Wildman–Crippen MR) is 103 cm³/mol. The van der Waals surface area contributed by atoms with Gasteiger partial charge >= 0.3 is 0 Å². The van der Waals surface area contributed by atoms with Gasteiger partial charge in [0.2, 0.25) is 12.0 Å². The molecule has 2 aromatic carbocycles. The average Bonchev–Trinajstić information content (AvgIpc) is 3.21. The maximum atomic E-state index is 12.9. The summed E-state index contributed by atoms with van der Waals surface area (Å²) in [5, 5.41) is 10.6. The highest BCUT2D eigenvalue weighted by Crippen LogP contribution is 2.36. The summed E-state index contributed by atoms with van der Waals surface area (Å²) in [4.78, 5) is 12.3. The van der Waals surface area contributed by atoms with E-state index >= 15 is 0 Å². The lowest BCUT2D eigenvalue weighted by Crippen LogP contribution is -2.30. The lowest BCUT2D eigenvalue weighted by atomic mass is 10.2. The molecule has 1 N–H and O–H groups in total. The van der Waals surface area contributed by atoms with Gasteiger partial charge in [-0.15, -0.1) is 10.2 Å². The fourth-order valence-electron chi connectivity index (χ4n) is 2.68. The summed E-state index contributed by atoms with van der Waals surface area (Å²) in [6.07, 6.45) is -0.505. The van der Waals surface area contributed by atoms with E-state index in [0.717, 1.165) is 17.3 Å². The number of carbonyl (C=O) groups is 1. The molecule has 9 heteroatoms. The molecule has 4 rings (SSSR count). The third-order valence-electron chi connectivity index (χ3n) is 4.23. The zero-order valence-electron chi connectivity index (χ0n) is 15.5. The van der Waals surface area contributed by atoms with Crippen molar-refractivity contribution in [2.24, 2.45) is 0 Å². The number of carbonyl (C=O) groups excluding carboxylic acids is 1. The number of thioether (sulfide) groups is 1. The summed E-state index contributed by atoms with van der Waals surface area (Å²) in [5.74, 6) is 1.08. The highest BCUT2D eigenvalue weighted by molar-refractivity contribution is 8.00. The van der Waals surface area contributed by atoms with Crippen LogP contribution in [0.25, 0.3) is 0 Å². The average molecular weight is 415 g/mol. The number of aromatic nitrogens is 2. The number of benzene rings is 2. The van der Waals surface area contributed by atoms with Gasteiger partial charge < -0.3 is 19.2 Å². The zero-order chi connectivity index (χ0) is 20.2. The van der Waals surface area contributed by atoms with Crippen LogP contribution in [0, 0.1) is 5.82 Å². The lowest BCUT2D eigenvalue weighted by molar-refractivity contribution is -0.120. The standard InChI is InChI=1S/C20H18FN3O4S/c1-12(18(25)22-10-13-6-8-14(21)9-7-13)29-20-24-23-19(28-20)17-11-26-15-4-2-3-5-16(15)27-17/h2-9,12,17H,10-11H2,1H3,(H,22,25)/t12-,17-/m1/s1. The van der Waals surface area contributed by atoms with Crippen molar-refractivity contribution in [3.8, 4) is 11.5 Å². The molecule has 0 aliphatic carbocycles. The van der Waals surface area contributed by atoms with Gasteiger partial charge in [-0.2, -0.15) is 0 Å². The summed E-state index contributed by atoms with van der Waals surface area (Å²) in [5.41, 5.74) is 0.812. The number of nitrogens with one attached hydrogen (secondary N) is 1. The summed E-state index contributed by atoms with van der Waals surface area (Å²) >= 11 is 1.15. The lowest BCUT2D eigenvalue weighted by Gasteiger charge is -2.23. The summed E-state index contributed by atoms with van der Waals surface area (Å²) in [6.45, 7) is 2.31. The molecule has 0 bridgehead atoms. The Morgan fingerprint density at radius 1 is 1.21 bits per heavy atom. The molecule has 0 spiro atoms. The van der Waals surface area contributed by atoms with E-state index in [1.165, 1.54) is 12.1 Å². The molecule has 0 fully saturated rings. The number of hydrogen-bond donors (Lipinski definition) is 1. The molecule has 1 aliphatic heterocycles. The Morgan fingerprint density at radius 3 is 2.76 bits per heavy atom. The minimum absolute atomic E-state index is 0.190. The molecule has 0 saturated heterocycles. The number of amides is 1. The zero-order valence-corrected chi connectivity index (χ0v) is 16.3. The van der Waals surface area contributed by atoms with Crippen LogP contribution < -0.4 is 14.8 Å². The molecule has 1 aromatic heterocycles. The topological polar surface area (TPSA) is 86.5 Å². The Hall–Kier alpha value is -3.07. The minimum Gasteiger partial charge on any atom is -0.485 e. The smallest absolute Gasteiger partial charge is 0.277 e. The van der Waals surface area contributed by atoms with Crippen molar-refractivity contribution >= 4 is 17.7 Å². The molecule has 3 aromatic rings. The van der Waals surface area contributed by atoms with Crippen molar-refractivity contribution < 1.29 is 23.1 Å². The van der Waals surface area contributed by atoms with Crippen molar-refractivity contribution in [2.45, 2.75) is 30.0 Å². The SMILES string of the molecule is C[C@@H](Sc1nnc([C@H]2COc3ccccc3O2)o1)C(=O)NCc1ccc(F)cc1. The van der Waals surface area contributed by atoms with E-state index in [2.05, 4.69) is 15.5 Å². The van der Waals surface area contributed by atoms with Crippen molar-refractivity contribution in [1.82, 2.24) is 15.5 Å². The second-order valence-electron chi connectivity index (χ2n) is 6.37. The Labute approximate surface area is 170 Å².